The van der Waals surface area contributed by atoms with E-state index in [9.17, 15) is 0 Å². The van der Waals surface area contributed by atoms with Gasteiger partial charge >= 0.3 is 0 Å². The number of halogens is 1. The number of rotatable bonds is 5. The van der Waals surface area contributed by atoms with E-state index in [-0.39, 0.29) is 0 Å². The number of hydrogen-bond acceptors (Lipinski definition) is 3. The number of anilines is 1. The van der Waals surface area contributed by atoms with Crippen LogP contribution in [-0.2, 0) is 0 Å². The Morgan fingerprint density at radius 1 is 1.12 bits per heavy atom. The van der Waals surface area contributed by atoms with Gasteiger partial charge in [-0.25, -0.2) is 9.97 Å². The van der Waals surface area contributed by atoms with Crippen molar-refractivity contribution in [3.05, 3.63) is 17.0 Å². The van der Waals surface area contributed by atoms with Gasteiger partial charge in [0.05, 0.1) is 0 Å². The molecule has 0 aromatic carbocycles. The molecule has 17 heavy (non-hydrogen) atoms. The maximum Gasteiger partial charge on any atom is 0.137 e. The Bertz CT molecular complexity index is 354. The molecule has 3 nitrogen and oxygen atoms in total. The third kappa shape index (κ3) is 4.15. The maximum atomic E-state index is 6.05. The first kappa shape index (κ1) is 14.2. The summed E-state index contributed by atoms with van der Waals surface area (Å²) >= 11 is 6.05. The number of aromatic nitrogens is 2. The van der Waals surface area contributed by atoms with Crippen molar-refractivity contribution < 1.29 is 0 Å². The van der Waals surface area contributed by atoms with Gasteiger partial charge in [-0.15, -0.1) is 0 Å². The van der Waals surface area contributed by atoms with Crippen LogP contribution in [0.25, 0.3) is 0 Å². The molecule has 1 aromatic heterocycles. The molecule has 4 heteroatoms. The largest absolute Gasteiger partial charge is 0.356 e. The molecule has 0 spiro atoms. The summed E-state index contributed by atoms with van der Waals surface area (Å²) in [5.74, 6) is 2.16. The van der Waals surface area contributed by atoms with E-state index in [1.165, 1.54) is 0 Å². The van der Waals surface area contributed by atoms with Crippen molar-refractivity contribution in [1.29, 1.82) is 0 Å². The van der Waals surface area contributed by atoms with Gasteiger partial charge in [0.1, 0.15) is 17.3 Å². The van der Waals surface area contributed by atoms with E-state index in [1.807, 2.05) is 6.92 Å². The zero-order chi connectivity index (χ0) is 13.0. The molecule has 0 saturated heterocycles. The van der Waals surface area contributed by atoms with E-state index >= 15 is 0 Å². The van der Waals surface area contributed by atoms with Crippen LogP contribution >= 0.6 is 11.6 Å². The highest BCUT2D eigenvalue weighted by Gasteiger charge is 2.15. The number of hydrogen-bond donors (Lipinski definition) is 0. The summed E-state index contributed by atoms with van der Waals surface area (Å²) in [5.41, 5.74) is 0.968. The quantitative estimate of drug-likeness (QED) is 0.754. The van der Waals surface area contributed by atoms with Crippen LogP contribution in [0.2, 0.25) is 5.15 Å². The van der Waals surface area contributed by atoms with E-state index < -0.39 is 0 Å². The first-order valence-electron chi connectivity index (χ1n) is 6.13. The average Bonchev–Trinajstić information content (AvgIpc) is 2.19. The van der Waals surface area contributed by atoms with Gasteiger partial charge in [0.25, 0.3) is 0 Å². The Morgan fingerprint density at radius 3 is 2.12 bits per heavy atom. The molecule has 0 aliphatic rings. The van der Waals surface area contributed by atoms with E-state index in [0.29, 0.717) is 17.0 Å². The molecule has 0 N–H and O–H groups in total. The minimum absolute atomic E-state index is 0.549. The average molecular weight is 256 g/mol. The van der Waals surface area contributed by atoms with Gasteiger partial charge in [0, 0.05) is 18.7 Å². The van der Waals surface area contributed by atoms with Gasteiger partial charge < -0.3 is 4.90 Å². The molecule has 0 radical (unpaired) electrons. The van der Waals surface area contributed by atoms with Gasteiger partial charge in [0.15, 0.2) is 0 Å². The minimum Gasteiger partial charge on any atom is -0.356 e. The lowest BCUT2D eigenvalue weighted by Crippen LogP contribution is -2.32. The Morgan fingerprint density at radius 2 is 1.65 bits per heavy atom. The summed E-state index contributed by atoms with van der Waals surface area (Å²) in [6, 6.07) is 0. The molecule has 0 unspecified atom stereocenters. The molecule has 1 aromatic rings. The van der Waals surface area contributed by atoms with E-state index in [0.717, 1.165) is 24.5 Å². The van der Waals surface area contributed by atoms with Gasteiger partial charge in [-0.2, -0.15) is 0 Å². The third-order valence-electron chi connectivity index (χ3n) is 2.47. The molecule has 0 aliphatic carbocycles. The highest BCUT2D eigenvalue weighted by atomic mass is 35.5. The minimum atomic E-state index is 0.549. The predicted molar refractivity (Wildman–Crippen MR) is 73.7 cm³/mol. The zero-order valence-electron chi connectivity index (χ0n) is 11.4. The molecule has 96 valence electrons. The van der Waals surface area contributed by atoms with Gasteiger partial charge in [-0.3, -0.25) is 0 Å². The second kappa shape index (κ2) is 6.20. The lowest BCUT2D eigenvalue weighted by Gasteiger charge is -2.28. The van der Waals surface area contributed by atoms with Crippen molar-refractivity contribution in [3.63, 3.8) is 0 Å². The molecule has 0 amide bonds. The smallest absolute Gasteiger partial charge is 0.137 e. The molecular formula is C13H22ClN3. The zero-order valence-corrected chi connectivity index (χ0v) is 12.1. The molecule has 0 bridgehead atoms. The Hall–Kier alpha value is -0.830. The Kier molecular flexibility index (Phi) is 5.19. The number of nitrogens with zero attached hydrogens (tertiary/aromatic N) is 3. The van der Waals surface area contributed by atoms with Crippen LogP contribution in [0.4, 0.5) is 5.82 Å². The van der Waals surface area contributed by atoms with Gasteiger partial charge in [-0.05, 0) is 18.8 Å². The van der Waals surface area contributed by atoms with Crippen LogP contribution in [0, 0.1) is 18.8 Å². The summed E-state index contributed by atoms with van der Waals surface area (Å²) < 4.78 is 0. The topological polar surface area (TPSA) is 29.0 Å². The lowest BCUT2D eigenvalue weighted by atomic mass is 10.1. The molecule has 0 saturated carbocycles. The fraction of sp³-hybridized carbons (Fsp3) is 0.692. The van der Waals surface area contributed by atoms with Crippen LogP contribution < -0.4 is 4.90 Å². The first-order valence-corrected chi connectivity index (χ1v) is 6.51. The molecule has 0 fully saturated rings. The predicted octanol–water partition coefficient (Wildman–Crippen LogP) is 3.56. The fourth-order valence-corrected chi connectivity index (χ4v) is 2.00. The Balaban J connectivity index is 2.99. The standard InChI is InChI=1S/C13H22ClN3/c1-9(2)6-17(7-10(3)4)13-11(5)12(14)15-8-16-13/h8-10H,6-7H2,1-5H3. The first-order chi connectivity index (χ1) is 7.91. The van der Waals surface area contributed by atoms with Crippen molar-refractivity contribution in [2.45, 2.75) is 34.6 Å². The van der Waals surface area contributed by atoms with E-state index in [4.69, 9.17) is 11.6 Å². The monoisotopic (exact) mass is 255 g/mol. The van der Waals surface area contributed by atoms with Crippen LogP contribution in [0.1, 0.15) is 33.3 Å². The normalized spacial score (nSPS) is 11.3. The Labute approximate surface area is 109 Å². The SMILES string of the molecule is Cc1c(Cl)ncnc1N(CC(C)C)CC(C)C. The highest BCUT2D eigenvalue weighted by Crippen LogP contribution is 2.23. The fourth-order valence-electron chi connectivity index (χ4n) is 1.87. The summed E-state index contributed by atoms with van der Waals surface area (Å²) in [6.07, 6.45) is 1.54. The highest BCUT2D eigenvalue weighted by molar-refractivity contribution is 6.30. The van der Waals surface area contributed by atoms with E-state index in [2.05, 4.69) is 42.6 Å². The van der Waals surface area contributed by atoms with Crippen LogP contribution in [-0.4, -0.2) is 23.1 Å². The maximum absolute atomic E-state index is 6.05. The van der Waals surface area contributed by atoms with Crippen molar-refractivity contribution >= 4 is 17.4 Å². The van der Waals surface area contributed by atoms with Crippen molar-refractivity contribution in [2.75, 3.05) is 18.0 Å². The van der Waals surface area contributed by atoms with Crippen LogP contribution in [0.15, 0.2) is 6.33 Å². The molecule has 1 heterocycles. The van der Waals surface area contributed by atoms with Gasteiger partial charge in [0.2, 0.25) is 0 Å². The second-order valence-corrected chi connectivity index (χ2v) is 5.66. The lowest BCUT2D eigenvalue weighted by molar-refractivity contribution is 0.547. The summed E-state index contributed by atoms with van der Waals surface area (Å²) in [5, 5.41) is 0.549. The summed E-state index contributed by atoms with van der Waals surface area (Å²) in [6.45, 7) is 12.8. The third-order valence-corrected chi connectivity index (χ3v) is 2.85. The van der Waals surface area contributed by atoms with Crippen molar-refractivity contribution in [2.24, 2.45) is 11.8 Å². The molecular weight excluding hydrogens is 234 g/mol. The summed E-state index contributed by atoms with van der Waals surface area (Å²) in [7, 11) is 0. The summed E-state index contributed by atoms with van der Waals surface area (Å²) in [4.78, 5) is 10.7. The van der Waals surface area contributed by atoms with Crippen LogP contribution in [0.5, 0.6) is 0 Å². The molecule has 0 aliphatic heterocycles. The molecule has 1 rings (SSSR count). The van der Waals surface area contributed by atoms with Gasteiger partial charge in [-0.1, -0.05) is 39.3 Å². The second-order valence-electron chi connectivity index (χ2n) is 5.31. The van der Waals surface area contributed by atoms with Crippen LogP contribution in [0.3, 0.4) is 0 Å². The van der Waals surface area contributed by atoms with E-state index in [1.54, 1.807) is 6.33 Å². The van der Waals surface area contributed by atoms with Crippen molar-refractivity contribution in [3.8, 4) is 0 Å². The van der Waals surface area contributed by atoms with Crippen molar-refractivity contribution in [1.82, 2.24) is 9.97 Å². The molecule has 0 atom stereocenters.